The molecule has 1 saturated carbocycles. The molecule has 1 aliphatic carbocycles. The van der Waals surface area contributed by atoms with E-state index in [1.165, 1.54) is 25.1 Å². The minimum absolute atomic E-state index is 0.761. The smallest absolute Gasteiger partial charge is 0.138 e. The SMILES string of the molecule is CCNCC1CCC(C)CC1Cc1ncnn1CC. The fourth-order valence-electron chi connectivity index (χ4n) is 3.35. The van der Waals surface area contributed by atoms with Crippen molar-refractivity contribution in [3.63, 3.8) is 0 Å². The average Bonchev–Trinajstić information content (AvgIpc) is 2.85. The Morgan fingerprint density at radius 1 is 1.32 bits per heavy atom. The third-order valence-corrected chi connectivity index (χ3v) is 4.50. The van der Waals surface area contributed by atoms with Crippen molar-refractivity contribution >= 4 is 0 Å². The average molecular weight is 264 g/mol. The molecule has 3 atom stereocenters. The number of nitrogens with zero attached hydrogens (tertiary/aromatic N) is 3. The van der Waals surface area contributed by atoms with Crippen molar-refractivity contribution < 1.29 is 0 Å². The van der Waals surface area contributed by atoms with Crippen LogP contribution < -0.4 is 5.32 Å². The van der Waals surface area contributed by atoms with Crippen molar-refractivity contribution in [3.8, 4) is 0 Å². The Balaban J connectivity index is 2.00. The highest BCUT2D eigenvalue weighted by Crippen LogP contribution is 2.35. The lowest BCUT2D eigenvalue weighted by atomic mass is 9.73. The third kappa shape index (κ3) is 3.78. The van der Waals surface area contributed by atoms with E-state index in [9.17, 15) is 0 Å². The van der Waals surface area contributed by atoms with Gasteiger partial charge in [-0.3, -0.25) is 4.68 Å². The van der Waals surface area contributed by atoms with Crippen molar-refractivity contribution in [2.75, 3.05) is 13.1 Å². The van der Waals surface area contributed by atoms with Crippen LogP contribution >= 0.6 is 0 Å². The Bertz CT molecular complexity index is 372. The van der Waals surface area contributed by atoms with Crippen LogP contribution in [0.15, 0.2) is 6.33 Å². The van der Waals surface area contributed by atoms with Crippen LogP contribution in [0, 0.1) is 17.8 Å². The lowest BCUT2D eigenvalue weighted by Gasteiger charge is -2.35. The maximum absolute atomic E-state index is 4.45. The molecule has 2 rings (SSSR count). The van der Waals surface area contributed by atoms with Crippen molar-refractivity contribution in [1.82, 2.24) is 20.1 Å². The number of aromatic nitrogens is 3. The fraction of sp³-hybridized carbons (Fsp3) is 0.867. The Hall–Kier alpha value is -0.900. The van der Waals surface area contributed by atoms with E-state index in [0.717, 1.165) is 43.8 Å². The molecule has 4 nitrogen and oxygen atoms in total. The molecule has 1 aromatic heterocycles. The summed E-state index contributed by atoms with van der Waals surface area (Å²) < 4.78 is 2.05. The maximum atomic E-state index is 4.45. The van der Waals surface area contributed by atoms with Gasteiger partial charge in [0.15, 0.2) is 0 Å². The molecule has 4 heteroatoms. The van der Waals surface area contributed by atoms with Crippen LogP contribution in [-0.4, -0.2) is 27.9 Å². The number of aryl methyl sites for hydroxylation is 1. The normalized spacial score (nSPS) is 27.6. The molecule has 1 aliphatic rings. The summed E-state index contributed by atoms with van der Waals surface area (Å²) in [6, 6.07) is 0. The summed E-state index contributed by atoms with van der Waals surface area (Å²) in [4.78, 5) is 4.45. The van der Waals surface area contributed by atoms with Gasteiger partial charge in [-0.15, -0.1) is 0 Å². The minimum atomic E-state index is 0.761. The summed E-state index contributed by atoms with van der Waals surface area (Å²) in [7, 11) is 0. The van der Waals surface area contributed by atoms with Gasteiger partial charge < -0.3 is 5.32 Å². The second-order valence-electron chi connectivity index (χ2n) is 5.94. The molecule has 1 heterocycles. The van der Waals surface area contributed by atoms with Gasteiger partial charge in [0.2, 0.25) is 0 Å². The van der Waals surface area contributed by atoms with Crippen LogP contribution in [0.5, 0.6) is 0 Å². The highest BCUT2D eigenvalue weighted by Gasteiger charge is 2.29. The standard InChI is InChI=1S/C15H28N4/c1-4-16-10-13-7-6-12(3)8-14(13)9-15-17-11-18-19(15)5-2/h11-14,16H,4-10H2,1-3H3. The minimum Gasteiger partial charge on any atom is -0.317 e. The first kappa shape index (κ1) is 14.5. The molecular weight excluding hydrogens is 236 g/mol. The Kier molecular flexibility index (Phi) is 5.37. The molecule has 0 radical (unpaired) electrons. The van der Waals surface area contributed by atoms with E-state index in [4.69, 9.17) is 0 Å². The van der Waals surface area contributed by atoms with Crippen LogP contribution in [0.2, 0.25) is 0 Å². The van der Waals surface area contributed by atoms with Gasteiger partial charge in [-0.2, -0.15) is 5.10 Å². The molecule has 0 aliphatic heterocycles. The zero-order valence-electron chi connectivity index (χ0n) is 12.6. The van der Waals surface area contributed by atoms with Crippen LogP contribution in [-0.2, 0) is 13.0 Å². The van der Waals surface area contributed by atoms with Crippen molar-refractivity contribution in [3.05, 3.63) is 12.2 Å². The quantitative estimate of drug-likeness (QED) is 0.858. The Morgan fingerprint density at radius 3 is 2.89 bits per heavy atom. The van der Waals surface area contributed by atoms with E-state index < -0.39 is 0 Å². The second kappa shape index (κ2) is 7.04. The molecular formula is C15H28N4. The molecule has 0 spiro atoms. The molecule has 3 unspecified atom stereocenters. The van der Waals surface area contributed by atoms with E-state index >= 15 is 0 Å². The largest absolute Gasteiger partial charge is 0.317 e. The summed E-state index contributed by atoms with van der Waals surface area (Å²) in [5, 5.41) is 7.82. The highest BCUT2D eigenvalue weighted by molar-refractivity contribution is 4.91. The van der Waals surface area contributed by atoms with Crippen molar-refractivity contribution in [2.24, 2.45) is 17.8 Å². The van der Waals surface area contributed by atoms with Crippen LogP contribution in [0.1, 0.15) is 45.9 Å². The Morgan fingerprint density at radius 2 is 2.16 bits per heavy atom. The van der Waals surface area contributed by atoms with Gasteiger partial charge in [-0.1, -0.05) is 20.3 Å². The van der Waals surface area contributed by atoms with E-state index in [1.807, 2.05) is 4.68 Å². The summed E-state index contributed by atoms with van der Waals surface area (Å²) in [5.74, 6) is 3.60. The molecule has 0 bridgehead atoms. The van der Waals surface area contributed by atoms with Gasteiger partial charge in [0.05, 0.1) is 0 Å². The van der Waals surface area contributed by atoms with Gasteiger partial charge in [-0.25, -0.2) is 4.98 Å². The van der Waals surface area contributed by atoms with Crippen molar-refractivity contribution in [2.45, 2.75) is 53.0 Å². The third-order valence-electron chi connectivity index (χ3n) is 4.50. The molecule has 19 heavy (non-hydrogen) atoms. The zero-order valence-corrected chi connectivity index (χ0v) is 12.6. The van der Waals surface area contributed by atoms with Crippen LogP contribution in [0.25, 0.3) is 0 Å². The molecule has 1 aromatic rings. The summed E-state index contributed by atoms with van der Waals surface area (Å²) in [5.41, 5.74) is 0. The molecule has 108 valence electrons. The zero-order chi connectivity index (χ0) is 13.7. The van der Waals surface area contributed by atoms with Gasteiger partial charge in [0, 0.05) is 13.0 Å². The van der Waals surface area contributed by atoms with E-state index in [1.54, 1.807) is 6.33 Å². The van der Waals surface area contributed by atoms with Crippen LogP contribution in [0.4, 0.5) is 0 Å². The fourth-order valence-corrected chi connectivity index (χ4v) is 3.35. The summed E-state index contributed by atoms with van der Waals surface area (Å²) in [6.07, 6.45) is 6.87. The number of hydrogen-bond acceptors (Lipinski definition) is 3. The predicted octanol–water partition coefficient (Wildman–Crippen LogP) is 2.50. The monoisotopic (exact) mass is 264 g/mol. The van der Waals surface area contributed by atoms with Gasteiger partial charge >= 0.3 is 0 Å². The van der Waals surface area contributed by atoms with Crippen LogP contribution in [0.3, 0.4) is 0 Å². The second-order valence-corrected chi connectivity index (χ2v) is 5.94. The lowest BCUT2D eigenvalue weighted by Crippen LogP contribution is -2.34. The van der Waals surface area contributed by atoms with Gasteiger partial charge in [-0.05, 0) is 50.6 Å². The first-order chi connectivity index (χ1) is 9.24. The van der Waals surface area contributed by atoms with E-state index in [0.29, 0.717) is 0 Å². The first-order valence-electron chi connectivity index (χ1n) is 7.81. The molecule has 0 amide bonds. The van der Waals surface area contributed by atoms with Crippen molar-refractivity contribution in [1.29, 1.82) is 0 Å². The van der Waals surface area contributed by atoms with Gasteiger partial charge in [0.25, 0.3) is 0 Å². The number of hydrogen-bond donors (Lipinski definition) is 1. The topological polar surface area (TPSA) is 42.7 Å². The molecule has 0 saturated heterocycles. The number of rotatable bonds is 6. The molecule has 1 N–H and O–H groups in total. The first-order valence-corrected chi connectivity index (χ1v) is 7.81. The van der Waals surface area contributed by atoms with E-state index in [-0.39, 0.29) is 0 Å². The van der Waals surface area contributed by atoms with Gasteiger partial charge in [0.1, 0.15) is 12.2 Å². The predicted molar refractivity (Wildman–Crippen MR) is 77.9 cm³/mol. The molecule has 0 aromatic carbocycles. The number of nitrogens with one attached hydrogen (secondary N) is 1. The highest BCUT2D eigenvalue weighted by atomic mass is 15.3. The molecule has 1 fully saturated rings. The maximum Gasteiger partial charge on any atom is 0.138 e. The Labute approximate surface area is 117 Å². The van der Waals surface area contributed by atoms with E-state index in [2.05, 4.69) is 36.2 Å². The summed E-state index contributed by atoms with van der Waals surface area (Å²) in [6.45, 7) is 9.88. The summed E-state index contributed by atoms with van der Waals surface area (Å²) >= 11 is 0. The lowest BCUT2D eigenvalue weighted by molar-refractivity contribution is 0.180.